The molecule has 0 aliphatic rings. The highest BCUT2D eigenvalue weighted by atomic mass is 35.5. The van der Waals surface area contributed by atoms with Crippen molar-refractivity contribution in [3.8, 4) is 0 Å². The molecule has 0 fully saturated rings. The number of nitrogens with zero attached hydrogens (tertiary/aromatic N) is 2. The van der Waals surface area contributed by atoms with E-state index in [-0.39, 0.29) is 17.3 Å². The van der Waals surface area contributed by atoms with Gasteiger partial charge < -0.3 is 0 Å². The average Bonchev–Trinajstić information content (AvgIpc) is 2.17. The number of rotatable bonds is 3. The summed E-state index contributed by atoms with van der Waals surface area (Å²) in [5, 5.41) is 10.5. The van der Waals surface area contributed by atoms with Crippen molar-refractivity contribution >= 4 is 29.1 Å². The number of aliphatic imine (C=N–C) groups is 1. The molecule has 14 heavy (non-hydrogen) atoms. The summed E-state index contributed by atoms with van der Waals surface area (Å²) >= 11 is 5.52. The van der Waals surface area contributed by atoms with Gasteiger partial charge in [0.1, 0.15) is 0 Å². The maximum Gasteiger partial charge on any atom is 0.295 e. The lowest BCUT2D eigenvalue weighted by Crippen LogP contribution is -1.89. The van der Waals surface area contributed by atoms with E-state index >= 15 is 0 Å². The lowest BCUT2D eigenvalue weighted by Gasteiger charge is -1.97. The van der Waals surface area contributed by atoms with Crippen LogP contribution in [0, 0.1) is 10.1 Å². The van der Waals surface area contributed by atoms with E-state index in [4.69, 9.17) is 11.6 Å². The number of alkyl halides is 1. The van der Waals surface area contributed by atoms with Crippen molar-refractivity contribution in [2.75, 3.05) is 0 Å². The third-order valence-corrected chi connectivity index (χ3v) is 1.87. The van der Waals surface area contributed by atoms with Crippen LogP contribution in [0.15, 0.2) is 23.2 Å². The fourth-order valence-corrected chi connectivity index (χ4v) is 1.11. The van der Waals surface area contributed by atoms with E-state index in [1.54, 1.807) is 0 Å². The largest absolute Gasteiger partial charge is 0.295 e. The standard InChI is InChI=1S/C8H5ClN2O3/c9-4-6-1-2-8(11(13)14)7(3-6)10-5-12/h1-3H,4H2. The van der Waals surface area contributed by atoms with Crippen LogP contribution in [0.2, 0.25) is 0 Å². The van der Waals surface area contributed by atoms with Crippen LogP contribution in [0.4, 0.5) is 11.4 Å². The first-order chi connectivity index (χ1) is 6.69. The average molecular weight is 213 g/mol. The number of nitro groups is 1. The molecule has 0 spiro atoms. The monoisotopic (exact) mass is 212 g/mol. The molecule has 5 nitrogen and oxygen atoms in total. The van der Waals surface area contributed by atoms with E-state index in [9.17, 15) is 14.9 Å². The zero-order valence-corrected chi connectivity index (χ0v) is 7.69. The first kappa shape index (κ1) is 10.4. The van der Waals surface area contributed by atoms with Gasteiger partial charge in [-0.3, -0.25) is 10.1 Å². The maximum absolute atomic E-state index is 10.5. The number of isocyanates is 1. The number of benzene rings is 1. The van der Waals surface area contributed by atoms with Crippen LogP contribution >= 0.6 is 11.6 Å². The van der Waals surface area contributed by atoms with Gasteiger partial charge in [-0.05, 0) is 11.6 Å². The first-order valence-corrected chi connectivity index (χ1v) is 4.13. The fraction of sp³-hybridized carbons (Fsp3) is 0.125. The van der Waals surface area contributed by atoms with Crippen LogP contribution in [-0.2, 0) is 10.7 Å². The Balaban J connectivity index is 3.30. The topological polar surface area (TPSA) is 72.6 Å². The molecule has 0 atom stereocenters. The molecule has 0 radical (unpaired) electrons. The molecule has 0 unspecified atom stereocenters. The van der Waals surface area contributed by atoms with E-state index in [1.807, 2.05) is 0 Å². The Morgan fingerprint density at radius 3 is 2.79 bits per heavy atom. The number of hydrogen-bond acceptors (Lipinski definition) is 4. The maximum atomic E-state index is 10.5. The Labute approximate surface area is 84.2 Å². The smallest absolute Gasteiger partial charge is 0.258 e. The second-order valence-electron chi connectivity index (χ2n) is 2.42. The fourth-order valence-electron chi connectivity index (χ4n) is 0.945. The summed E-state index contributed by atoms with van der Waals surface area (Å²) in [6.45, 7) is 0. The normalized spacial score (nSPS) is 9.21. The van der Waals surface area contributed by atoms with E-state index < -0.39 is 4.92 Å². The molecule has 0 aliphatic carbocycles. The van der Waals surface area contributed by atoms with Gasteiger partial charge in [-0.15, -0.1) is 11.6 Å². The number of halogens is 1. The first-order valence-electron chi connectivity index (χ1n) is 3.60. The van der Waals surface area contributed by atoms with Gasteiger partial charge in [-0.1, -0.05) is 6.07 Å². The molecule has 0 heterocycles. The minimum Gasteiger partial charge on any atom is -0.258 e. The molecule has 0 bridgehead atoms. The lowest BCUT2D eigenvalue weighted by atomic mass is 10.2. The summed E-state index contributed by atoms with van der Waals surface area (Å²) in [5.74, 6) is 0.208. The minimum atomic E-state index is -0.617. The van der Waals surface area contributed by atoms with Crippen molar-refractivity contribution in [2.45, 2.75) is 5.88 Å². The Morgan fingerprint density at radius 2 is 2.29 bits per heavy atom. The molecule has 0 amide bonds. The molecule has 0 N–H and O–H groups in total. The molecule has 0 aliphatic heterocycles. The van der Waals surface area contributed by atoms with Crippen molar-refractivity contribution in [1.29, 1.82) is 0 Å². The van der Waals surface area contributed by atoms with Crippen molar-refractivity contribution < 1.29 is 9.72 Å². The van der Waals surface area contributed by atoms with Crippen molar-refractivity contribution in [3.63, 3.8) is 0 Å². The Hall–Kier alpha value is -1.71. The summed E-state index contributed by atoms with van der Waals surface area (Å²) in [6.07, 6.45) is 1.26. The molecular weight excluding hydrogens is 208 g/mol. The third kappa shape index (κ3) is 2.16. The van der Waals surface area contributed by atoms with Crippen molar-refractivity contribution in [2.24, 2.45) is 4.99 Å². The highest BCUT2D eigenvalue weighted by Crippen LogP contribution is 2.28. The van der Waals surface area contributed by atoms with Gasteiger partial charge in [-0.2, -0.15) is 4.99 Å². The molecule has 1 aromatic carbocycles. The third-order valence-electron chi connectivity index (χ3n) is 1.56. The van der Waals surface area contributed by atoms with Crippen LogP contribution in [0.3, 0.4) is 0 Å². The van der Waals surface area contributed by atoms with Gasteiger partial charge >= 0.3 is 0 Å². The van der Waals surface area contributed by atoms with Gasteiger partial charge in [0.05, 0.1) is 4.92 Å². The lowest BCUT2D eigenvalue weighted by molar-refractivity contribution is -0.384. The van der Waals surface area contributed by atoms with Gasteiger partial charge in [0.15, 0.2) is 5.69 Å². The highest BCUT2D eigenvalue weighted by molar-refractivity contribution is 6.17. The molecule has 72 valence electrons. The number of hydrogen-bond donors (Lipinski definition) is 0. The molecule has 0 saturated carbocycles. The molecule has 1 aromatic rings. The van der Waals surface area contributed by atoms with Crippen LogP contribution in [-0.4, -0.2) is 11.0 Å². The Morgan fingerprint density at radius 1 is 1.57 bits per heavy atom. The molecule has 6 heteroatoms. The van der Waals surface area contributed by atoms with Gasteiger partial charge in [0, 0.05) is 11.9 Å². The summed E-state index contributed by atoms with van der Waals surface area (Å²) in [7, 11) is 0. The molecule has 1 rings (SSSR count). The van der Waals surface area contributed by atoms with Crippen LogP contribution in [0.25, 0.3) is 0 Å². The molecular formula is C8H5ClN2O3. The van der Waals surface area contributed by atoms with Gasteiger partial charge in [0.25, 0.3) is 5.69 Å². The summed E-state index contributed by atoms with van der Waals surface area (Å²) < 4.78 is 0. The summed E-state index contributed by atoms with van der Waals surface area (Å²) in [5.41, 5.74) is 0.400. The Kier molecular flexibility index (Phi) is 3.34. The second kappa shape index (κ2) is 4.50. The van der Waals surface area contributed by atoms with E-state index in [0.717, 1.165) is 0 Å². The van der Waals surface area contributed by atoms with Crippen molar-refractivity contribution in [3.05, 3.63) is 33.9 Å². The highest BCUT2D eigenvalue weighted by Gasteiger charge is 2.13. The number of nitro benzene ring substituents is 1. The Bertz CT molecular complexity index is 413. The number of carbonyl (C=O) groups excluding carboxylic acids is 1. The van der Waals surface area contributed by atoms with Crippen LogP contribution in [0.5, 0.6) is 0 Å². The summed E-state index contributed by atoms with van der Waals surface area (Å²) in [4.78, 5) is 23.1. The summed E-state index contributed by atoms with van der Waals surface area (Å²) in [6, 6.07) is 4.15. The van der Waals surface area contributed by atoms with Crippen LogP contribution < -0.4 is 0 Å². The van der Waals surface area contributed by atoms with E-state index in [2.05, 4.69) is 4.99 Å². The van der Waals surface area contributed by atoms with Crippen LogP contribution in [0.1, 0.15) is 5.56 Å². The minimum absolute atomic E-state index is 0.0249. The quantitative estimate of drug-likeness (QED) is 0.254. The SMILES string of the molecule is O=C=Nc1cc(CCl)ccc1[N+](=O)[O-]. The zero-order valence-electron chi connectivity index (χ0n) is 6.94. The predicted molar refractivity (Wildman–Crippen MR) is 50.4 cm³/mol. The van der Waals surface area contributed by atoms with E-state index in [1.165, 1.54) is 24.3 Å². The predicted octanol–water partition coefficient (Wildman–Crippen LogP) is 2.30. The van der Waals surface area contributed by atoms with Gasteiger partial charge in [0.2, 0.25) is 6.08 Å². The molecule has 0 saturated heterocycles. The van der Waals surface area contributed by atoms with Crippen molar-refractivity contribution in [1.82, 2.24) is 0 Å². The van der Waals surface area contributed by atoms with Gasteiger partial charge in [-0.25, -0.2) is 4.79 Å². The zero-order chi connectivity index (χ0) is 10.6. The molecule has 0 aromatic heterocycles. The second-order valence-corrected chi connectivity index (χ2v) is 2.68. The van der Waals surface area contributed by atoms with E-state index in [0.29, 0.717) is 5.56 Å².